The molecule has 0 fully saturated rings. The average Bonchev–Trinajstić information content (AvgIpc) is 2.79. The van der Waals surface area contributed by atoms with Gasteiger partial charge in [-0.3, -0.25) is 9.59 Å². The SMILES string of the molecule is CC(C)CNC(=O)C[C@H]1Sc2sc(S(N)(=O)=O)cc2NC1=O. The highest BCUT2D eigenvalue weighted by atomic mass is 32.3. The van der Waals surface area contributed by atoms with Crippen LogP contribution in [0.25, 0.3) is 0 Å². The predicted octanol–water partition coefficient (Wildman–Crippen LogP) is 0.971. The summed E-state index contributed by atoms with van der Waals surface area (Å²) in [5, 5.41) is 9.89. The Labute approximate surface area is 137 Å². The van der Waals surface area contributed by atoms with Crippen LogP contribution in [0.15, 0.2) is 14.5 Å². The zero-order chi connectivity index (χ0) is 16.5. The number of carbonyl (C=O) groups is 2. The molecule has 1 aromatic rings. The van der Waals surface area contributed by atoms with Crippen molar-refractivity contribution in [3.05, 3.63) is 6.07 Å². The molecule has 0 radical (unpaired) electrons. The number of anilines is 1. The van der Waals surface area contributed by atoms with E-state index in [0.717, 1.165) is 11.3 Å². The van der Waals surface area contributed by atoms with Gasteiger partial charge in [0.2, 0.25) is 21.8 Å². The maximum absolute atomic E-state index is 12.0. The lowest BCUT2D eigenvalue weighted by Crippen LogP contribution is -2.35. The first-order chi connectivity index (χ1) is 10.2. The van der Waals surface area contributed by atoms with Crippen molar-refractivity contribution in [1.82, 2.24) is 5.32 Å². The zero-order valence-electron chi connectivity index (χ0n) is 12.1. The highest BCUT2D eigenvalue weighted by molar-refractivity contribution is 8.03. The van der Waals surface area contributed by atoms with Gasteiger partial charge in [0.15, 0.2) is 0 Å². The standard InChI is InChI=1S/C12H17N3O4S3/c1-6(2)5-14-9(16)4-8-11(17)15-7-3-10(22(13,18)19)21-12(7)20-8/h3,6,8H,4-5H2,1-2H3,(H,14,16)(H,15,17)(H2,13,18,19)/t8-/m1/s1. The number of fused-ring (bicyclic) bond motifs is 1. The number of sulfonamides is 1. The van der Waals surface area contributed by atoms with Crippen molar-refractivity contribution in [3.63, 3.8) is 0 Å². The van der Waals surface area contributed by atoms with E-state index in [1.807, 2.05) is 13.8 Å². The summed E-state index contributed by atoms with van der Waals surface area (Å²) in [6.07, 6.45) is 0.0469. The minimum absolute atomic E-state index is 0.00444. The molecule has 2 heterocycles. The number of primary sulfonamides is 1. The van der Waals surface area contributed by atoms with Crippen LogP contribution in [-0.2, 0) is 19.6 Å². The van der Waals surface area contributed by atoms with Crippen LogP contribution < -0.4 is 15.8 Å². The van der Waals surface area contributed by atoms with E-state index in [-0.39, 0.29) is 22.4 Å². The quantitative estimate of drug-likeness (QED) is 0.720. The van der Waals surface area contributed by atoms with Gasteiger partial charge in [-0.1, -0.05) is 25.6 Å². The molecule has 7 nitrogen and oxygen atoms in total. The van der Waals surface area contributed by atoms with Crippen molar-refractivity contribution in [2.24, 2.45) is 11.1 Å². The third-order valence-electron chi connectivity index (χ3n) is 2.83. The Morgan fingerprint density at radius 3 is 2.77 bits per heavy atom. The molecule has 22 heavy (non-hydrogen) atoms. The smallest absolute Gasteiger partial charge is 0.247 e. The summed E-state index contributed by atoms with van der Waals surface area (Å²) in [4.78, 5) is 23.8. The average molecular weight is 363 g/mol. The third-order valence-corrected chi connectivity index (χ3v) is 6.82. The lowest BCUT2D eigenvalue weighted by Gasteiger charge is -2.21. The second-order valence-corrected chi connectivity index (χ2v) is 9.62. The summed E-state index contributed by atoms with van der Waals surface area (Å²) in [5.74, 6) is -0.179. The molecule has 10 heteroatoms. The summed E-state index contributed by atoms with van der Waals surface area (Å²) in [7, 11) is -3.80. The van der Waals surface area contributed by atoms with Crippen molar-refractivity contribution in [3.8, 4) is 0 Å². The maximum Gasteiger partial charge on any atom is 0.247 e. The molecule has 1 aliphatic heterocycles. The van der Waals surface area contributed by atoms with Gasteiger partial charge < -0.3 is 10.6 Å². The molecule has 1 aliphatic rings. The van der Waals surface area contributed by atoms with Crippen LogP contribution in [-0.4, -0.2) is 32.0 Å². The third kappa shape index (κ3) is 4.22. The monoisotopic (exact) mass is 363 g/mol. The molecule has 0 unspecified atom stereocenters. The number of hydrogen-bond donors (Lipinski definition) is 3. The highest BCUT2D eigenvalue weighted by Crippen LogP contribution is 2.43. The Bertz CT molecular complexity index is 696. The molecule has 2 amide bonds. The normalized spacial score (nSPS) is 18.0. The number of thioether (sulfide) groups is 1. The Hall–Kier alpha value is -1.10. The molecular weight excluding hydrogens is 346 g/mol. The Morgan fingerprint density at radius 2 is 2.18 bits per heavy atom. The van der Waals surface area contributed by atoms with Gasteiger partial charge in [-0.2, -0.15) is 0 Å². The second kappa shape index (κ2) is 6.57. The molecule has 0 saturated carbocycles. The van der Waals surface area contributed by atoms with Gasteiger partial charge in [0.05, 0.1) is 15.1 Å². The molecule has 0 aliphatic carbocycles. The van der Waals surface area contributed by atoms with Crippen LogP contribution in [0.5, 0.6) is 0 Å². The predicted molar refractivity (Wildman–Crippen MR) is 86.4 cm³/mol. The summed E-state index contributed by atoms with van der Waals surface area (Å²) < 4.78 is 23.3. The number of amides is 2. The Balaban J connectivity index is 2.07. The number of hydrogen-bond acceptors (Lipinski definition) is 6. The minimum Gasteiger partial charge on any atom is -0.356 e. The fraction of sp³-hybridized carbons (Fsp3) is 0.500. The summed E-state index contributed by atoms with van der Waals surface area (Å²) >= 11 is 2.19. The molecule has 0 bridgehead atoms. The van der Waals surface area contributed by atoms with E-state index in [4.69, 9.17) is 5.14 Å². The van der Waals surface area contributed by atoms with E-state index in [1.54, 1.807) is 0 Å². The van der Waals surface area contributed by atoms with Gasteiger partial charge in [0.25, 0.3) is 0 Å². The second-order valence-electron chi connectivity index (χ2n) is 5.31. The van der Waals surface area contributed by atoms with Crippen molar-refractivity contribution < 1.29 is 18.0 Å². The van der Waals surface area contributed by atoms with Crippen LogP contribution in [0.2, 0.25) is 0 Å². The molecule has 1 atom stereocenters. The number of nitrogens with one attached hydrogen (secondary N) is 2. The first-order valence-corrected chi connectivity index (χ1v) is 9.82. The van der Waals surface area contributed by atoms with Crippen LogP contribution in [0, 0.1) is 5.92 Å². The van der Waals surface area contributed by atoms with Crippen molar-refractivity contribution in [2.45, 2.75) is 33.9 Å². The van der Waals surface area contributed by atoms with E-state index in [9.17, 15) is 18.0 Å². The van der Waals surface area contributed by atoms with Crippen molar-refractivity contribution in [1.29, 1.82) is 0 Å². The molecule has 4 N–H and O–H groups in total. The minimum atomic E-state index is -3.80. The Kier molecular flexibility index (Phi) is 5.15. The highest BCUT2D eigenvalue weighted by Gasteiger charge is 2.31. The number of carbonyl (C=O) groups excluding carboxylic acids is 2. The zero-order valence-corrected chi connectivity index (χ0v) is 14.5. The molecule has 2 rings (SSSR count). The summed E-state index contributed by atoms with van der Waals surface area (Å²) in [6.45, 7) is 4.52. The van der Waals surface area contributed by atoms with Gasteiger partial charge in [-0.15, -0.1) is 11.3 Å². The van der Waals surface area contributed by atoms with Crippen LogP contribution in [0.3, 0.4) is 0 Å². The van der Waals surface area contributed by atoms with E-state index in [1.165, 1.54) is 17.8 Å². The topological polar surface area (TPSA) is 118 Å². The summed E-state index contributed by atoms with van der Waals surface area (Å²) in [6, 6.07) is 1.34. The van der Waals surface area contributed by atoms with Crippen LogP contribution in [0.4, 0.5) is 5.69 Å². The van der Waals surface area contributed by atoms with Gasteiger partial charge in [0, 0.05) is 13.0 Å². The molecular formula is C12H17N3O4S3. The van der Waals surface area contributed by atoms with Crippen LogP contribution in [0.1, 0.15) is 20.3 Å². The fourth-order valence-electron chi connectivity index (χ4n) is 1.76. The number of thiophene rings is 1. The number of nitrogens with two attached hydrogens (primary N) is 1. The molecule has 0 spiro atoms. The van der Waals surface area contributed by atoms with Crippen molar-refractivity contribution >= 4 is 50.6 Å². The Morgan fingerprint density at radius 1 is 1.50 bits per heavy atom. The first-order valence-electron chi connectivity index (χ1n) is 6.57. The maximum atomic E-state index is 12.0. The van der Waals surface area contributed by atoms with E-state index in [0.29, 0.717) is 22.4 Å². The molecule has 0 saturated heterocycles. The fourth-order valence-corrected chi connectivity index (χ4v) is 5.20. The van der Waals surface area contributed by atoms with E-state index >= 15 is 0 Å². The number of rotatable bonds is 5. The van der Waals surface area contributed by atoms with E-state index in [2.05, 4.69) is 10.6 Å². The van der Waals surface area contributed by atoms with Gasteiger partial charge in [-0.25, -0.2) is 13.6 Å². The lowest BCUT2D eigenvalue weighted by molar-refractivity contribution is -0.124. The lowest BCUT2D eigenvalue weighted by atomic mass is 10.2. The summed E-state index contributed by atoms with van der Waals surface area (Å²) in [5.41, 5.74) is 0.433. The largest absolute Gasteiger partial charge is 0.356 e. The molecule has 0 aromatic carbocycles. The van der Waals surface area contributed by atoms with Crippen LogP contribution >= 0.6 is 23.1 Å². The van der Waals surface area contributed by atoms with E-state index < -0.39 is 15.3 Å². The van der Waals surface area contributed by atoms with Gasteiger partial charge in [0.1, 0.15) is 4.21 Å². The molecule has 122 valence electrons. The van der Waals surface area contributed by atoms with Gasteiger partial charge in [-0.05, 0) is 12.0 Å². The first kappa shape index (κ1) is 17.3. The molecule has 1 aromatic heterocycles. The van der Waals surface area contributed by atoms with Crippen molar-refractivity contribution in [2.75, 3.05) is 11.9 Å². The van der Waals surface area contributed by atoms with Gasteiger partial charge >= 0.3 is 0 Å².